The van der Waals surface area contributed by atoms with Crippen LogP contribution in [0.15, 0.2) is 18.2 Å². The highest BCUT2D eigenvalue weighted by Gasteiger charge is 2.27. The van der Waals surface area contributed by atoms with Crippen LogP contribution in [0.4, 0.5) is 17.5 Å². The van der Waals surface area contributed by atoms with Crippen LogP contribution in [0, 0.1) is 23.0 Å². The Morgan fingerprint density at radius 2 is 1.96 bits per heavy atom. The van der Waals surface area contributed by atoms with Gasteiger partial charge in [0.25, 0.3) is 0 Å². The van der Waals surface area contributed by atoms with E-state index in [-0.39, 0.29) is 23.5 Å². The van der Waals surface area contributed by atoms with E-state index in [0.29, 0.717) is 24.6 Å². The second-order valence-corrected chi connectivity index (χ2v) is 7.09. The van der Waals surface area contributed by atoms with Gasteiger partial charge in [-0.15, -0.1) is 0 Å². The average molecular weight is 371 g/mol. The number of aromatic nitrogens is 3. The van der Waals surface area contributed by atoms with E-state index in [2.05, 4.69) is 20.3 Å². The highest BCUT2D eigenvalue weighted by Crippen LogP contribution is 2.31. The molecule has 2 aromatic rings. The first-order chi connectivity index (χ1) is 12.9. The molecule has 27 heavy (non-hydrogen) atoms. The summed E-state index contributed by atoms with van der Waals surface area (Å²) in [5.74, 6) is 0.491. The van der Waals surface area contributed by atoms with Crippen LogP contribution < -0.4 is 16.8 Å². The average Bonchev–Trinajstić information content (AvgIpc) is 2.61. The van der Waals surface area contributed by atoms with Crippen molar-refractivity contribution < 1.29 is 4.92 Å². The summed E-state index contributed by atoms with van der Waals surface area (Å²) in [4.78, 5) is 23.8. The van der Waals surface area contributed by atoms with Gasteiger partial charge in [-0.1, -0.05) is 6.07 Å². The molecule has 2 heterocycles. The first kappa shape index (κ1) is 19.0. The van der Waals surface area contributed by atoms with Gasteiger partial charge in [0, 0.05) is 11.7 Å². The van der Waals surface area contributed by atoms with Gasteiger partial charge in [-0.2, -0.15) is 4.98 Å². The van der Waals surface area contributed by atoms with Crippen LogP contribution in [-0.2, 0) is 13.0 Å². The Bertz CT molecular complexity index is 819. The number of nitrogens with two attached hydrogens (primary N) is 2. The van der Waals surface area contributed by atoms with Crippen LogP contribution >= 0.6 is 0 Å². The fraction of sp³-hybridized carbons (Fsp3) is 0.500. The largest absolute Gasteiger partial charge is 0.378 e. The minimum Gasteiger partial charge on any atom is -0.378 e. The molecule has 1 aliphatic carbocycles. The maximum atomic E-state index is 11.5. The van der Waals surface area contributed by atoms with Crippen LogP contribution in [0.5, 0.6) is 0 Å². The maximum Gasteiger partial charge on any atom is 0.332 e. The lowest BCUT2D eigenvalue weighted by Gasteiger charge is -2.25. The van der Waals surface area contributed by atoms with Crippen LogP contribution in [0.25, 0.3) is 0 Å². The number of nitrogens with one attached hydrogen (secondary N) is 1. The Morgan fingerprint density at radius 1 is 1.22 bits per heavy atom. The van der Waals surface area contributed by atoms with Crippen molar-refractivity contribution in [2.75, 3.05) is 11.1 Å². The van der Waals surface area contributed by atoms with Crippen molar-refractivity contribution in [3.8, 4) is 0 Å². The third-order valence-corrected chi connectivity index (χ3v) is 4.91. The number of anilines is 2. The van der Waals surface area contributed by atoms with Crippen molar-refractivity contribution in [3.63, 3.8) is 0 Å². The van der Waals surface area contributed by atoms with E-state index < -0.39 is 4.92 Å². The lowest BCUT2D eigenvalue weighted by atomic mass is 9.83. The molecule has 1 aliphatic rings. The van der Waals surface area contributed by atoms with E-state index in [1.54, 1.807) is 0 Å². The lowest BCUT2D eigenvalue weighted by Crippen LogP contribution is -2.27. The van der Waals surface area contributed by atoms with Crippen LogP contribution in [0.2, 0.25) is 0 Å². The van der Waals surface area contributed by atoms with E-state index in [4.69, 9.17) is 11.5 Å². The molecule has 0 aromatic carbocycles. The van der Waals surface area contributed by atoms with Crippen LogP contribution in [-0.4, -0.2) is 25.9 Å². The first-order valence-corrected chi connectivity index (χ1v) is 9.15. The number of rotatable bonds is 6. The number of nitrogen functional groups attached to an aromatic ring is 1. The zero-order chi connectivity index (χ0) is 19.4. The number of nitrogens with zero attached hydrogens (tertiary/aromatic N) is 4. The molecule has 0 aliphatic heterocycles. The smallest absolute Gasteiger partial charge is 0.332 e. The summed E-state index contributed by atoms with van der Waals surface area (Å²) in [7, 11) is 0. The molecular weight excluding hydrogens is 346 g/mol. The predicted molar refractivity (Wildman–Crippen MR) is 103 cm³/mol. The quantitative estimate of drug-likeness (QED) is 0.518. The van der Waals surface area contributed by atoms with Crippen molar-refractivity contribution in [2.24, 2.45) is 11.7 Å². The van der Waals surface area contributed by atoms with Gasteiger partial charge in [-0.3, -0.25) is 15.1 Å². The van der Waals surface area contributed by atoms with E-state index in [1.165, 1.54) is 0 Å². The normalized spacial score (nSPS) is 19.6. The Morgan fingerprint density at radius 3 is 2.63 bits per heavy atom. The summed E-state index contributed by atoms with van der Waals surface area (Å²) < 4.78 is 0. The summed E-state index contributed by atoms with van der Waals surface area (Å²) in [5, 5.41) is 14.5. The van der Waals surface area contributed by atoms with Crippen molar-refractivity contribution in [1.82, 2.24) is 15.0 Å². The molecule has 144 valence electrons. The zero-order valence-corrected chi connectivity index (χ0v) is 15.4. The highest BCUT2D eigenvalue weighted by molar-refractivity contribution is 5.58. The van der Waals surface area contributed by atoms with Crippen molar-refractivity contribution in [1.29, 1.82) is 0 Å². The molecule has 0 radical (unpaired) electrons. The predicted octanol–water partition coefficient (Wildman–Crippen LogP) is 2.34. The molecule has 5 N–H and O–H groups in total. The zero-order valence-electron chi connectivity index (χ0n) is 15.4. The molecule has 3 rings (SSSR count). The molecule has 0 bridgehead atoms. The molecule has 1 saturated carbocycles. The van der Waals surface area contributed by atoms with Gasteiger partial charge in [-0.25, -0.2) is 4.98 Å². The maximum absolute atomic E-state index is 11.5. The summed E-state index contributed by atoms with van der Waals surface area (Å²) in [6.07, 6.45) is 4.26. The molecule has 2 aromatic heterocycles. The number of pyridine rings is 1. The number of hydrogen-bond acceptors (Lipinski definition) is 8. The molecule has 0 atom stereocenters. The van der Waals surface area contributed by atoms with E-state index in [9.17, 15) is 10.1 Å². The minimum absolute atomic E-state index is 0.114. The van der Waals surface area contributed by atoms with Crippen molar-refractivity contribution in [3.05, 3.63) is 45.4 Å². The van der Waals surface area contributed by atoms with Gasteiger partial charge >= 0.3 is 5.69 Å². The summed E-state index contributed by atoms with van der Waals surface area (Å²) in [5.41, 5.74) is 13.8. The van der Waals surface area contributed by atoms with Crippen LogP contribution in [0.3, 0.4) is 0 Å². The van der Waals surface area contributed by atoms with Crippen LogP contribution in [0.1, 0.15) is 42.8 Å². The standard InChI is InChI=1S/C18H25N7O2/c1-11-3-2-4-14(22-11)10-21-18-23-15(16(25(26)27)17(20)24-18)9-12-5-7-13(19)8-6-12/h2-4,12-13H,5-10,19H2,1H3,(H3,20,21,23,24). The Hall–Kier alpha value is -2.81. The van der Waals surface area contributed by atoms with Gasteiger partial charge in [0.1, 0.15) is 5.69 Å². The number of hydrogen-bond donors (Lipinski definition) is 3. The van der Waals surface area contributed by atoms with E-state index in [0.717, 1.165) is 37.1 Å². The fourth-order valence-corrected chi connectivity index (χ4v) is 3.47. The summed E-state index contributed by atoms with van der Waals surface area (Å²) >= 11 is 0. The first-order valence-electron chi connectivity index (χ1n) is 9.15. The van der Waals surface area contributed by atoms with Crippen molar-refractivity contribution in [2.45, 2.75) is 51.6 Å². The molecule has 0 unspecified atom stereocenters. The topological polar surface area (TPSA) is 146 Å². The van der Waals surface area contributed by atoms with E-state index in [1.807, 2.05) is 25.1 Å². The Labute approximate surface area is 157 Å². The lowest BCUT2D eigenvalue weighted by molar-refractivity contribution is -0.385. The molecule has 1 fully saturated rings. The van der Waals surface area contributed by atoms with Gasteiger partial charge in [0.2, 0.25) is 11.8 Å². The molecule has 9 heteroatoms. The molecule has 0 spiro atoms. The van der Waals surface area contributed by atoms with Gasteiger partial charge in [0.05, 0.1) is 17.2 Å². The Kier molecular flexibility index (Phi) is 5.80. The van der Waals surface area contributed by atoms with Gasteiger partial charge in [0.15, 0.2) is 0 Å². The third kappa shape index (κ3) is 4.88. The fourth-order valence-electron chi connectivity index (χ4n) is 3.47. The molecule has 9 nitrogen and oxygen atoms in total. The second-order valence-electron chi connectivity index (χ2n) is 7.09. The monoisotopic (exact) mass is 371 g/mol. The third-order valence-electron chi connectivity index (χ3n) is 4.91. The Balaban J connectivity index is 1.79. The second kappa shape index (κ2) is 8.26. The SMILES string of the molecule is Cc1cccc(CNc2nc(N)c([N+](=O)[O-])c(CC3CCC(N)CC3)n2)n1. The molecular formula is C18H25N7O2. The molecule has 0 amide bonds. The van der Waals surface area contributed by atoms with Gasteiger partial charge < -0.3 is 16.8 Å². The highest BCUT2D eigenvalue weighted by atomic mass is 16.6. The van der Waals surface area contributed by atoms with Gasteiger partial charge in [-0.05, 0) is 57.1 Å². The van der Waals surface area contributed by atoms with E-state index >= 15 is 0 Å². The summed E-state index contributed by atoms with van der Waals surface area (Å²) in [6, 6.07) is 5.95. The summed E-state index contributed by atoms with van der Waals surface area (Å²) in [6.45, 7) is 2.33. The van der Waals surface area contributed by atoms with Crippen molar-refractivity contribution >= 4 is 17.5 Å². The molecule has 0 saturated heterocycles. The number of aryl methyl sites for hydroxylation is 1. The minimum atomic E-state index is -0.495. The number of nitro groups is 1.